The van der Waals surface area contributed by atoms with E-state index in [0.717, 1.165) is 32.1 Å². The van der Waals surface area contributed by atoms with Gasteiger partial charge in [-0.15, -0.1) is 0 Å². The van der Waals surface area contributed by atoms with Gasteiger partial charge in [0.05, 0.1) is 12.8 Å². The summed E-state index contributed by atoms with van der Waals surface area (Å²) in [6, 6.07) is -5.12. The largest absolute Gasteiger partial charge is 0.386 e. The van der Waals surface area contributed by atoms with Gasteiger partial charge in [-0.2, -0.15) is 0 Å². The molecule has 0 amide bonds. The minimum Gasteiger partial charge on any atom is -0.386 e. The first-order chi connectivity index (χ1) is 15.6. The van der Waals surface area contributed by atoms with Gasteiger partial charge >= 0.3 is 0 Å². The third-order valence-electron chi connectivity index (χ3n) is 5.79. The zero-order valence-corrected chi connectivity index (χ0v) is 19.1. The maximum atomic E-state index is 11.4. The monoisotopic (exact) mass is 479 g/mol. The number of carbonyl (C=O) groups excluding carboxylic acids is 1. The third kappa shape index (κ3) is 12.5. The molecule has 3 N–H and O–H groups in total. The summed E-state index contributed by atoms with van der Waals surface area (Å²) in [5, 5.41) is 64.8. The minimum absolute atomic E-state index is 0.0271. The molecule has 0 aromatic carbocycles. The number of carbonyl (C=O) groups is 1. The van der Waals surface area contributed by atoms with Crippen LogP contribution < -0.4 is 0 Å². The summed E-state index contributed by atoms with van der Waals surface area (Å²) in [6.07, 6.45) is -0.603. The van der Waals surface area contributed by atoms with Gasteiger partial charge in [-0.25, -0.2) is 0 Å². The number of aliphatic hydroxyl groups excluding tert-OH is 3. The van der Waals surface area contributed by atoms with E-state index in [2.05, 4.69) is 6.92 Å². The van der Waals surface area contributed by atoms with Crippen LogP contribution in [0, 0.1) is 30.3 Å². The summed E-state index contributed by atoms with van der Waals surface area (Å²) in [6.45, 7) is 2.07. The van der Waals surface area contributed by atoms with Crippen LogP contribution in [0.3, 0.4) is 0 Å². The minimum atomic E-state index is -1.90. The van der Waals surface area contributed by atoms with E-state index < -0.39 is 64.0 Å². The van der Waals surface area contributed by atoms with Crippen molar-refractivity contribution in [3.05, 3.63) is 30.3 Å². The first-order valence-corrected chi connectivity index (χ1v) is 11.4. The summed E-state index contributed by atoms with van der Waals surface area (Å²) >= 11 is 0. The van der Waals surface area contributed by atoms with E-state index in [4.69, 9.17) is 0 Å². The molecule has 33 heavy (non-hydrogen) atoms. The first kappa shape index (κ1) is 30.8. The van der Waals surface area contributed by atoms with Gasteiger partial charge in [0.2, 0.25) is 18.1 Å². The van der Waals surface area contributed by atoms with Crippen molar-refractivity contribution in [1.82, 2.24) is 0 Å². The highest BCUT2D eigenvalue weighted by Gasteiger charge is 2.42. The topological polar surface area (TPSA) is 207 Å². The summed E-state index contributed by atoms with van der Waals surface area (Å²) in [5.41, 5.74) is 0. The zero-order chi connectivity index (χ0) is 25.4. The van der Waals surface area contributed by atoms with Crippen LogP contribution >= 0.6 is 0 Å². The van der Waals surface area contributed by atoms with E-state index in [9.17, 15) is 50.5 Å². The van der Waals surface area contributed by atoms with Gasteiger partial charge in [0, 0.05) is 27.6 Å². The van der Waals surface area contributed by atoms with Crippen LogP contribution in [0.2, 0.25) is 0 Å². The lowest BCUT2D eigenvalue weighted by atomic mass is 9.91. The molecule has 0 fully saturated rings. The van der Waals surface area contributed by atoms with E-state index >= 15 is 0 Å². The van der Waals surface area contributed by atoms with Crippen LogP contribution in [0.4, 0.5) is 0 Å². The maximum Gasteiger partial charge on any atom is 0.241 e. The molecule has 13 heteroatoms. The summed E-state index contributed by atoms with van der Waals surface area (Å²) < 4.78 is 0. The second kappa shape index (κ2) is 17.3. The third-order valence-corrected chi connectivity index (χ3v) is 5.79. The molecule has 0 saturated heterocycles. The van der Waals surface area contributed by atoms with Gasteiger partial charge in [0.25, 0.3) is 0 Å². The molecule has 0 rings (SSSR count). The molecule has 0 spiro atoms. The molecule has 6 unspecified atom stereocenters. The molecule has 0 heterocycles. The summed E-state index contributed by atoms with van der Waals surface area (Å²) in [5.74, 6) is 0. The highest BCUT2D eigenvalue weighted by atomic mass is 16.6. The van der Waals surface area contributed by atoms with Crippen molar-refractivity contribution in [3.63, 3.8) is 0 Å². The van der Waals surface area contributed by atoms with Crippen LogP contribution in [0.25, 0.3) is 0 Å². The Bertz CT molecular complexity index is 607. The van der Waals surface area contributed by atoms with Crippen molar-refractivity contribution in [2.75, 3.05) is 0 Å². The van der Waals surface area contributed by atoms with Gasteiger partial charge in [-0.3, -0.25) is 30.3 Å². The Morgan fingerprint density at radius 3 is 1.61 bits per heavy atom. The smallest absolute Gasteiger partial charge is 0.241 e. The lowest BCUT2D eigenvalue weighted by Gasteiger charge is -2.23. The lowest BCUT2D eigenvalue weighted by Crippen LogP contribution is -2.46. The molecule has 0 radical (unpaired) electrons. The van der Waals surface area contributed by atoms with Crippen molar-refractivity contribution in [2.24, 2.45) is 0 Å². The first-order valence-electron chi connectivity index (χ1n) is 11.4. The molecule has 13 nitrogen and oxygen atoms in total. The SMILES string of the molecule is CCCCCCCCC(O)C(CC(O)C(CC(O)C(CCCC=O)[N+](=O)[O-])[N+](=O)[O-])[N+](=O)[O-]. The Labute approximate surface area is 192 Å². The molecule has 0 bridgehead atoms. The molecular formula is C20H37N3O10. The standard InChI is InChI=1S/C20H37N3O10/c1-2-3-4-5-6-7-11-18(25)16(22(30)31)13-20(27)17(23(32)33)14-19(26)15(21(28)29)10-8-9-12-24/h12,15-20,25-27H,2-11,13-14H2,1H3. The van der Waals surface area contributed by atoms with Gasteiger partial charge in [0.1, 0.15) is 24.6 Å². The van der Waals surface area contributed by atoms with Crippen LogP contribution in [0.1, 0.15) is 84.0 Å². The molecule has 6 atom stereocenters. The van der Waals surface area contributed by atoms with Gasteiger partial charge < -0.3 is 20.1 Å². The Hall–Kier alpha value is -2.25. The van der Waals surface area contributed by atoms with Crippen molar-refractivity contribution in [1.29, 1.82) is 0 Å². The fourth-order valence-corrected chi connectivity index (χ4v) is 3.75. The zero-order valence-electron chi connectivity index (χ0n) is 19.1. The van der Waals surface area contributed by atoms with Gasteiger partial charge in [0.15, 0.2) is 0 Å². The van der Waals surface area contributed by atoms with Crippen molar-refractivity contribution >= 4 is 6.29 Å². The number of nitro groups is 3. The quantitative estimate of drug-likeness (QED) is 0.0942. The second-order valence-corrected chi connectivity index (χ2v) is 8.39. The number of hydrogen-bond donors (Lipinski definition) is 3. The molecule has 192 valence electrons. The Kier molecular flexibility index (Phi) is 16.1. The fraction of sp³-hybridized carbons (Fsp3) is 0.950. The predicted molar refractivity (Wildman–Crippen MR) is 118 cm³/mol. The number of aliphatic hydroxyl groups is 3. The van der Waals surface area contributed by atoms with Crippen molar-refractivity contribution in [3.8, 4) is 0 Å². The highest BCUT2D eigenvalue weighted by Crippen LogP contribution is 2.21. The predicted octanol–water partition coefficient (Wildman–Crippen LogP) is 1.90. The van der Waals surface area contributed by atoms with Crippen LogP contribution in [-0.2, 0) is 4.79 Å². The van der Waals surface area contributed by atoms with Crippen molar-refractivity contribution < 1.29 is 34.9 Å². The van der Waals surface area contributed by atoms with E-state index in [-0.39, 0.29) is 25.7 Å². The number of aldehydes is 1. The molecular weight excluding hydrogens is 442 g/mol. The summed E-state index contributed by atoms with van der Waals surface area (Å²) in [7, 11) is 0. The lowest BCUT2D eigenvalue weighted by molar-refractivity contribution is -0.562. The Balaban J connectivity index is 5.04. The van der Waals surface area contributed by atoms with Crippen LogP contribution in [0.15, 0.2) is 0 Å². The fourth-order valence-electron chi connectivity index (χ4n) is 3.75. The number of unbranched alkanes of at least 4 members (excludes halogenated alkanes) is 6. The number of hydrogen-bond acceptors (Lipinski definition) is 10. The Morgan fingerprint density at radius 1 is 0.667 bits per heavy atom. The van der Waals surface area contributed by atoms with Gasteiger partial charge in [-0.05, 0) is 12.8 Å². The van der Waals surface area contributed by atoms with E-state index in [1.807, 2.05) is 0 Å². The Morgan fingerprint density at radius 2 is 1.12 bits per heavy atom. The average molecular weight is 480 g/mol. The molecule has 0 aromatic rings. The molecule has 0 aliphatic heterocycles. The average Bonchev–Trinajstić information content (AvgIpc) is 2.74. The maximum absolute atomic E-state index is 11.4. The van der Waals surface area contributed by atoms with Crippen LogP contribution in [0.5, 0.6) is 0 Å². The summed E-state index contributed by atoms with van der Waals surface area (Å²) in [4.78, 5) is 41.9. The number of rotatable bonds is 21. The highest BCUT2D eigenvalue weighted by molar-refractivity contribution is 5.48. The van der Waals surface area contributed by atoms with E-state index in [1.165, 1.54) is 0 Å². The molecule has 0 aliphatic rings. The van der Waals surface area contributed by atoms with E-state index in [0.29, 0.717) is 12.7 Å². The molecule has 0 saturated carbocycles. The molecule has 0 aromatic heterocycles. The second-order valence-electron chi connectivity index (χ2n) is 8.39. The van der Waals surface area contributed by atoms with Crippen LogP contribution in [-0.4, -0.2) is 72.8 Å². The number of nitrogens with zero attached hydrogens (tertiary/aromatic N) is 3. The normalized spacial score (nSPS) is 16.8. The van der Waals surface area contributed by atoms with E-state index in [1.54, 1.807) is 0 Å². The van der Waals surface area contributed by atoms with Gasteiger partial charge in [-0.1, -0.05) is 45.4 Å². The van der Waals surface area contributed by atoms with Crippen molar-refractivity contribution in [2.45, 2.75) is 120 Å². The molecule has 0 aliphatic carbocycles.